The number of carbonyl (C=O) groups excluding carboxylic acids is 1. The predicted octanol–water partition coefficient (Wildman–Crippen LogP) is 2.18. The van der Waals surface area contributed by atoms with E-state index >= 15 is 0 Å². The Balaban J connectivity index is 2.38. The first-order valence-corrected chi connectivity index (χ1v) is 5.69. The van der Waals surface area contributed by atoms with E-state index < -0.39 is 0 Å². The van der Waals surface area contributed by atoms with Crippen molar-refractivity contribution in [3.63, 3.8) is 0 Å². The summed E-state index contributed by atoms with van der Waals surface area (Å²) in [6.07, 6.45) is 3.96. The van der Waals surface area contributed by atoms with Crippen LogP contribution in [0.2, 0.25) is 0 Å². The van der Waals surface area contributed by atoms with Gasteiger partial charge in [0.05, 0.1) is 0 Å². The zero-order valence-corrected chi connectivity index (χ0v) is 9.62. The molecule has 0 bridgehead atoms. The second kappa shape index (κ2) is 5.23. The minimum atomic E-state index is 0.182. The van der Waals surface area contributed by atoms with Crippen LogP contribution in [0.4, 0.5) is 4.79 Å². The molecule has 0 heterocycles. The molecule has 0 unspecified atom stereocenters. The summed E-state index contributed by atoms with van der Waals surface area (Å²) in [6, 6.07) is 0.182. The van der Waals surface area contributed by atoms with Crippen molar-refractivity contribution < 1.29 is 4.79 Å². The van der Waals surface area contributed by atoms with E-state index in [1.807, 2.05) is 18.9 Å². The van der Waals surface area contributed by atoms with E-state index in [4.69, 9.17) is 0 Å². The molecule has 14 heavy (non-hydrogen) atoms. The molecular weight excluding hydrogens is 176 g/mol. The van der Waals surface area contributed by atoms with Gasteiger partial charge in [0.2, 0.25) is 0 Å². The predicted molar refractivity (Wildman–Crippen MR) is 58.3 cm³/mol. The van der Waals surface area contributed by atoms with Gasteiger partial charge in [-0.3, -0.25) is 0 Å². The highest BCUT2D eigenvalue weighted by atomic mass is 16.2. The largest absolute Gasteiger partial charge is 0.328 e. The fourth-order valence-electron chi connectivity index (χ4n) is 1.71. The Morgan fingerprint density at radius 2 is 1.93 bits per heavy atom. The second-order valence-electron chi connectivity index (χ2n) is 4.13. The molecule has 1 rings (SSSR count). The first-order valence-electron chi connectivity index (χ1n) is 5.69. The van der Waals surface area contributed by atoms with E-state index in [1.54, 1.807) is 4.90 Å². The Labute approximate surface area is 87.1 Å². The molecule has 1 aliphatic carbocycles. The average molecular weight is 198 g/mol. The number of carbonyl (C=O) groups is 1. The van der Waals surface area contributed by atoms with Crippen molar-refractivity contribution in [2.45, 2.75) is 33.1 Å². The summed E-state index contributed by atoms with van der Waals surface area (Å²) in [4.78, 5) is 15.6. The lowest BCUT2D eigenvalue weighted by Crippen LogP contribution is -2.44. The van der Waals surface area contributed by atoms with Gasteiger partial charge in [0.1, 0.15) is 0 Å². The Bertz CT molecular complexity index is 190. The minimum Gasteiger partial charge on any atom is -0.328 e. The van der Waals surface area contributed by atoms with Crippen LogP contribution in [0, 0.1) is 5.92 Å². The highest BCUT2D eigenvalue weighted by Crippen LogP contribution is 2.27. The molecule has 0 spiro atoms. The third kappa shape index (κ3) is 2.63. The van der Waals surface area contributed by atoms with Crippen LogP contribution in [-0.4, -0.2) is 42.5 Å². The van der Waals surface area contributed by atoms with Crippen molar-refractivity contribution in [3.05, 3.63) is 0 Å². The summed E-state index contributed by atoms with van der Waals surface area (Å²) >= 11 is 0. The lowest BCUT2D eigenvalue weighted by atomic mass is 9.85. The van der Waals surface area contributed by atoms with Gasteiger partial charge in [-0.15, -0.1) is 0 Å². The fourth-order valence-corrected chi connectivity index (χ4v) is 1.71. The lowest BCUT2D eigenvalue weighted by Gasteiger charge is -2.33. The van der Waals surface area contributed by atoms with Crippen molar-refractivity contribution >= 4 is 6.03 Å². The molecule has 0 aromatic carbocycles. The monoisotopic (exact) mass is 198 g/mol. The standard InChI is InChI=1S/C11H22N2O/c1-4-12(3)11(14)13(5-2)9-10-7-6-8-10/h10H,4-9H2,1-3H3. The summed E-state index contributed by atoms with van der Waals surface area (Å²) < 4.78 is 0. The molecule has 82 valence electrons. The Hall–Kier alpha value is -0.730. The van der Waals surface area contributed by atoms with Crippen LogP contribution in [0.3, 0.4) is 0 Å². The maximum absolute atomic E-state index is 11.8. The van der Waals surface area contributed by atoms with Gasteiger partial charge >= 0.3 is 6.03 Å². The van der Waals surface area contributed by atoms with E-state index in [0.29, 0.717) is 0 Å². The van der Waals surface area contributed by atoms with Crippen molar-refractivity contribution in [1.29, 1.82) is 0 Å². The molecule has 0 radical (unpaired) electrons. The van der Waals surface area contributed by atoms with Gasteiger partial charge in [-0.05, 0) is 32.6 Å². The molecule has 1 aliphatic rings. The second-order valence-corrected chi connectivity index (χ2v) is 4.13. The zero-order valence-electron chi connectivity index (χ0n) is 9.62. The number of hydrogen-bond acceptors (Lipinski definition) is 1. The van der Waals surface area contributed by atoms with Crippen molar-refractivity contribution in [2.75, 3.05) is 26.7 Å². The lowest BCUT2D eigenvalue weighted by molar-refractivity contribution is 0.144. The van der Waals surface area contributed by atoms with Gasteiger partial charge in [0.15, 0.2) is 0 Å². The molecular formula is C11H22N2O. The van der Waals surface area contributed by atoms with E-state index in [1.165, 1.54) is 19.3 Å². The van der Waals surface area contributed by atoms with Gasteiger partial charge in [-0.2, -0.15) is 0 Å². The summed E-state index contributed by atoms with van der Waals surface area (Å²) in [5, 5.41) is 0. The third-order valence-corrected chi connectivity index (χ3v) is 3.16. The van der Waals surface area contributed by atoms with Crippen LogP contribution in [-0.2, 0) is 0 Å². The van der Waals surface area contributed by atoms with Gasteiger partial charge in [-0.1, -0.05) is 6.42 Å². The number of rotatable bonds is 4. The van der Waals surface area contributed by atoms with E-state index in [2.05, 4.69) is 6.92 Å². The highest BCUT2D eigenvalue weighted by molar-refractivity contribution is 5.74. The number of hydrogen-bond donors (Lipinski definition) is 0. The summed E-state index contributed by atoms with van der Waals surface area (Å²) in [6.45, 7) is 6.65. The van der Waals surface area contributed by atoms with E-state index in [0.717, 1.165) is 25.6 Å². The summed E-state index contributed by atoms with van der Waals surface area (Å²) in [5.41, 5.74) is 0. The van der Waals surface area contributed by atoms with Crippen LogP contribution in [0.1, 0.15) is 33.1 Å². The zero-order chi connectivity index (χ0) is 10.6. The normalized spacial score (nSPS) is 16.2. The van der Waals surface area contributed by atoms with Crippen LogP contribution in [0.25, 0.3) is 0 Å². The van der Waals surface area contributed by atoms with Gasteiger partial charge in [0.25, 0.3) is 0 Å². The third-order valence-electron chi connectivity index (χ3n) is 3.16. The van der Waals surface area contributed by atoms with Gasteiger partial charge in [-0.25, -0.2) is 4.79 Å². The van der Waals surface area contributed by atoms with Crippen molar-refractivity contribution in [1.82, 2.24) is 9.80 Å². The smallest absolute Gasteiger partial charge is 0.319 e. The molecule has 0 atom stereocenters. The summed E-state index contributed by atoms with van der Waals surface area (Å²) in [7, 11) is 1.87. The Morgan fingerprint density at radius 3 is 2.29 bits per heavy atom. The van der Waals surface area contributed by atoms with Gasteiger partial charge in [0, 0.05) is 26.7 Å². The molecule has 0 N–H and O–H groups in total. The maximum atomic E-state index is 11.8. The van der Waals surface area contributed by atoms with E-state index in [-0.39, 0.29) is 6.03 Å². The molecule has 0 saturated heterocycles. The first kappa shape index (κ1) is 11.3. The topological polar surface area (TPSA) is 23.6 Å². The maximum Gasteiger partial charge on any atom is 0.319 e. The average Bonchev–Trinajstić information content (AvgIpc) is 2.14. The molecule has 1 fully saturated rings. The molecule has 3 heteroatoms. The molecule has 0 aromatic heterocycles. The quantitative estimate of drug-likeness (QED) is 0.679. The van der Waals surface area contributed by atoms with Crippen LogP contribution < -0.4 is 0 Å². The number of amides is 2. The number of nitrogens with zero attached hydrogens (tertiary/aromatic N) is 2. The highest BCUT2D eigenvalue weighted by Gasteiger charge is 2.23. The molecule has 1 saturated carbocycles. The van der Waals surface area contributed by atoms with Gasteiger partial charge < -0.3 is 9.80 Å². The Kier molecular flexibility index (Phi) is 4.23. The van der Waals surface area contributed by atoms with Crippen LogP contribution in [0.15, 0.2) is 0 Å². The van der Waals surface area contributed by atoms with Crippen molar-refractivity contribution in [3.8, 4) is 0 Å². The molecule has 2 amide bonds. The van der Waals surface area contributed by atoms with E-state index in [9.17, 15) is 4.79 Å². The minimum absolute atomic E-state index is 0.182. The van der Waals surface area contributed by atoms with Crippen LogP contribution >= 0.6 is 0 Å². The SMILES string of the molecule is CCN(C)C(=O)N(CC)CC1CCC1. The summed E-state index contributed by atoms with van der Waals surface area (Å²) in [5.74, 6) is 0.768. The first-order chi connectivity index (χ1) is 6.69. The molecule has 0 aromatic rings. The Morgan fingerprint density at radius 1 is 1.29 bits per heavy atom. The number of urea groups is 1. The molecule has 3 nitrogen and oxygen atoms in total. The van der Waals surface area contributed by atoms with Crippen molar-refractivity contribution in [2.24, 2.45) is 5.92 Å². The molecule has 0 aliphatic heterocycles. The van der Waals surface area contributed by atoms with Crippen LogP contribution in [0.5, 0.6) is 0 Å². The fraction of sp³-hybridized carbons (Fsp3) is 0.909.